The van der Waals surface area contributed by atoms with Crippen LogP contribution in [0.25, 0.3) is 11.4 Å². The molecular formula is C13H17ClN6. The zero-order valence-electron chi connectivity index (χ0n) is 11.1. The average Bonchev–Trinajstić information content (AvgIpc) is 2.97. The van der Waals surface area contributed by atoms with Crippen LogP contribution in [0.1, 0.15) is 12.8 Å². The molecule has 1 unspecified atom stereocenters. The maximum Gasteiger partial charge on any atom is 0.245 e. The van der Waals surface area contributed by atoms with E-state index in [-0.39, 0.29) is 0 Å². The second-order valence-corrected chi connectivity index (χ2v) is 5.44. The Hall–Kier alpha value is -1.66. The van der Waals surface area contributed by atoms with Crippen molar-refractivity contribution in [2.24, 2.45) is 11.7 Å². The highest BCUT2D eigenvalue weighted by Gasteiger charge is 2.22. The maximum atomic E-state index is 6.12. The number of pyridine rings is 1. The average molecular weight is 293 g/mol. The van der Waals surface area contributed by atoms with Gasteiger partial charge in [0.15, 0.2) is 5.82 Å². The van der Waals surface area contributed by atoms with Crippen molar-refractivity contribution < 1.29 is 0 Å². The quantitative estimate of drug-likeness (QED) is 0.899. The van der Waals surface area contributed by atoms with Gasteiger partial charge in [0.2, 0.25) is 5.95 Å². The molecule has 7 heteroatoms. The van der Waals surface area contributed by atoms with Crippen LogP contribution in [0.2, 0.25) is 5.02 Å². The van der Waals surface area contributed by atoms with E-state index in [1.54, 1.807) is 12.4 Å². The van der Waals surface area contributed by atoms with Crippen LogP contribution in [0.4, 0.5) is 5.95 Å². The normalized spacial score (nSPS) is 19.3. The molecule has 0 spiro atoms. The second-order valence-electron chi connectivity index (χ2n) is 5.03. The molecule has 2 aromatic rings. The Balaban J connectivity index is 1.82. The van der Waals surface area contributed by atoms with Crippen LogP contribution in [0.3, 0.4) is 0 Å². The van der Waals surface area contributed by atoms with Crippen molar-refractivity contribution in [1.29, 1.82) is 0 Å². The third kappa shape index (κ3) is 2.62. The molecule has 1 aliphatic heterocycles. The SMILES string of the molecule is NCC1CCCN(c2n[nH]c(-c3ccncc3Cl)n2)C1. The van der Waals surface area contributed by atoms with E-state index in [1.165, 1.54) is 6.42 Å². The number of hydrogen-bond donors (Lipinski definition) is 2. The molecule has 1 atom stereocenters. The van der Waals surface area contributed by atoms with Crippen molar-refractivity contribution in [2.45, 2.75) is 12.8 Å². The molecule has 6 nitrogen and oxygen atoms in total. The van der Waals surface area contributed by atoms with Crippen LogP contribution in [0, 0.1) is 5.92 Å². The van der Waals surface area contributed by atoms with Crippen molar-refractivity contribution >= 4 is 17.5 Å². The zero-order chi connectivity index (χ0) is 13.9. The Morgan fingerprint density at radius 1 is 1.50 bits per heavy atom. The van der Waals surface area contributed by atoms with E-state index in [4.69, 9.17) is 17.3 Å². The Bertz CT molecular complexity index is 584. The summed E-state index contributed by atoms with van der Waals surface area (Å²) in [6, 6.07) is 1.82. The number of rotatable bonds is 3. The van der Waals surface area contributed by atoms with Gasteiger partial charge in [-0.15, -0.1) is 5.10 Å². The van der Waals surface area contributed by atoms with Gasteiger partial charge in [0.05, 0.1) is 5.02 Å². The molecule has 3 N–H and O–H groups in total. The summed E-state index contributed by atoms with van der Waals surface area (Å²) in [5.74, 6) is 1.91. The van der Waals surface area contributed by atoms with Gasteiger partial charge in [0.25, 0.3) is 0 Å². The minimum Gasteiger partial charge on any atom is -0.339 e. The van der Waals surface area contributed by atoms with Crippen molar-refractivity contribution in [3.8, 4) is 11.4 Å². The van der Waals surface area contributed by atoms with E-state index in [0.29, 0.717) is 29.3 Å². The third-order valence-corrected chi connectivity index (χ3v) is 3.94. The molecule has 0 saturated carbocycles. The summed E-state index contributed by atoms with van der Waals surface area (Å²) in [7, 11) is 0. The summed E-state index contributed by atoms with van der Waals surface area (Å²) in [6.07, 6.45) is 5.60. The van der Waals surface area contributed by atoms with Crippen molar-refractivity contribution in [2.75, 3.05) is 24.5 Å². The predicted molar refractivity (Wildman–Crippen MR) is 78.6 cm³/mol. The molecule has 0 radical (unpaired) electrons. The van der Waals surface area contributed by atoms with Gasteiger partial charge in [-0.2, -0.15) is 4.98 Å². The Kier molecular flexibility index (Phi) is 3.84. The molecule has 2 aromatic heterocycles. The molecule has 20 heavy (non-hydrogen) atoms. The van der Waals surface area contributed by atoms with Gasteiger partial charge in [0, 0.05) is 31.0 Å². The van der Waals surface area contributed by atoms with E-state index in [9.17, 15) is 0 Å². The highest BCUT2D eigenvalue weighted by Crippen LogP contribution is 2.26. The highest BCUT2D eigenvalue weighted by atomic mass is 35.5. The monoisotopic (exact) mass is 292 g/mol. The van der Waals surface area contributed by atoms with E-state index in [0.717, 1.165) is 25.1 Å². The zero-order valence-corrected chi connectivity index (χ0v) is 11.8. The molecule has 106 valence electrons. The molecule has 1 fully saturated rings. The standard InChI is InChI=1S/C13H17ClN6/c14-11-7-16-4-3-10(11)12-17-13(19-18-12)20-5-1-2-9(6-15)8-20/h3-4,7,9H,1-2,5-6,8,15H2,(H,17,18,19). The first-order valence-corrected chi connectivity index (χ1v) is 7.13. The van der Waals surface area contributed by atoms with Crippen molar-refractivity contribution in [3.05, 3.63) is 23.5 Å². The van der Waals surface area contributed by atoms with Crippen LogP contribution < -0.4 is 10.6 Å². The van der Waals surface area contributed by atoms with Crippen LogP contribution in [0.5, 0.6) is 0 Å². The fourth-order valence-corrected chi connectivity index (χ4v) is 2.73. The minimum atomic E-state index is 0.523. The number of nitrogens with zero attached hydrogens (tertiary/aromatic N) is 4. The molecule has 0 bridgehead atoms. The lowest BCUT2D eigenvalue weighted by atomic mass is 9.99. The van der Waals surface area contributed by atoms with Gasteiger partial charge in [-0.1, -0.05) is 11.6 Å². The first-order chi connectivity index (χ1) is 9.78. The number of nitrogens with one attached hydrogen (secondary N) is 1. The molecule has 1 saturated heterocycles. The summed E-state index contributed by atoms with van der Waals surface area (Å²) in [6.45, 7) is 2.60. The number of hydrogen-bond acceptors (Lipinski definition) is 5. The lowest BCUT2D eigenvalue weighted by molar-refractivity contribution is 0.420. The molecule has 0 amide bonds. The molecule has 3 heterocycles. The van der Waals surface area contributed by atoms with Gasteiger partial charge in [0.1, 0.15) is 0 Å². The molecule has 0 aromatic carbocycles. The fraction of sp³-hybridized carbons (Fsp3) is 0.462. The maximum absolute atomic E-state index is 6.12. The van der Waals surface area contributed by atoms with Crippen LogP contribution in [0.15, 0.2) is 18.5 Å². The summed E-state index contributed by atoms with van der Waals surface area (Å²) in [5, 5.41) is 7.81. The Morgan fingerprint density at radius 3 is 3.20 bits per heavy atom. The summed E-state index contributed by atoms with van der Waals surface area (Å²) >= 11 is 6.12. The molecule has 3 rings (SSSR count). The first-order valence-electron chi connectivity index (χ1n) is 6.75. The van der Waals surface area contributed by atoms with Crippen LogP contribution in [-0.2, 0) is 0 Å². The predicted octanol–water partition coefficient (Wildman–Crippen LogP) is 1.70. The topological polar surface area (TPSA) is 83.7 Å². The minimum absolute atomic E-state index is 0.523. The van der Waals surface area contributed by atoms with Crippen molar-refractivity contribution in [3.63, 3.8) is 0 Å². The van der Waals surface area contributed by atoms with Crippen LogP contribution >= 0.6 is 11.6 Å². The highest BCUT2D eigenvalue weighted by molar-refractivity contribution is 6.33. The lowest BCUT2D eigenvalue weighted by Crippen LogP contribution is -2.38. The smallest absolute Gasteiger partial charge is 0.245 e. The van der Waals surface area contributed by atoms with E-state index < -0.39 is 0 Å². The third-order valence-electron chi connectivity index (χ3n) is 3.64. The number of anilines is 1. The van der Waals surface area contributed by atoms with E-state index in [1.807, 2.05) is 6.07 Å². The van der Waals surface area contributed by atoms with Gasteiger partial charge in [-0.3, -0.25) is 10.1 Å². The molecule has 1 aliphatic rings. The summed E-state index contributed by atoms with van der Waals surface area (Å²) in [4.78, 5) is 10.7. The van der Waals surface area contributed by atoms with E-state index in [2.05, 4.69) is 25.1 Å². The Morgan fingerprint density at radius 2 is 2.40 bits per heavy atom. The largest absolute Gasteiger partial charge is 0.339 e. The van der Waals surface area contributed by atoms with Crippen molar-refractivity contribution in [1.82, 2.24) is 20.2 Å². The number of piperidine rings is 1. The second kappa shape index (κ2) is 5.76. The van der Waals surface area contributed by atoms with Crippen LogP contribution in [-0.4, -0.2) is 39.8 Å². The van der Waals surface area contributed by atoms with E-state index >= 15 is 0 Å². The number of halogens is 1. The summed E-state index contributed by atoms with van der Waals surface area (Å²) < 4.78 is 0. The number of aromatic amines is 1. The first kappa shape index (κ1) is 13.3. The number of aromatic nitrogens is 4. The molecule has 0 aliphatic carbocycles. The summed E-state index contributed by atoms with van der Waals surface area (Å²) in [5.41, 5.74) is 6.57. The Labute approximate surface area is 122 Å². The molecular weight excluding hydrogens is 276 g/mol. The fourth-order valence-electron chi connectivity index (χ4n) is 2.52. The van der Waals surface area contributed by atoms with Gasteiger partial charge in [-0.05, 0) is 31.4 Å². The van der Waals surface area contributed by atoms with Gasteiger partial charge >= 0.3 is 0 Å². The number of nitrogens with two attached hydrogens (primary N) is 1. The van der Waals surface area contributed by atoms with Gasteiger partial charge < -0.3 is 10.6 Å². The number of H-pyrrole nitrogens is 1. The van der Waals surface area contributed by atoms with Gasteiger partial charge in [-0.25, -0.2) is 0 Å². The lowest BCUT2D eigenvalue weighted by Gasteiger charge is -2.31.